The largest absolute Gasteiger partial charge is 0.493 e. The topological polar surface area (TPSA) is 83.7 Å². The summed E-state index contributed by atoms with van der Waals surface area (Å²) in [5, 5.41) is 4.23. The number of hydrogen-bond donors (Lipinski definition) is 2. The van der Waals surface area contributed by atoms with Crippen molar-refractivity contribution in [2.45, 2.75) is 25.8 Å². The Kier molecular flexibility index (Phi) is 8.65. The third kappa shape index (κ3) is 6.58. The molecule has 0 aliphatic carbocycles. The maximum atomic E-state index is 13.0. The molecule has 1 amide bonds. The summed E-state index contributed by atoms with van der Waals surface area (Å²) in [6, 6.07) is 27.0. The lowest BCUT2D eigenvalue weighted by atomic mass is 10.0. The smallest absolute Gasteiger partial charge is 0.228 e. The number of amides is 1. The van der Waals surface area contributed by atoms with Crippen molar-refractivity contribution in [1.82, 2.24) is 9.88 Å². The van der Waals surface area contributed by atoms with Gasteiger partial charge >= 0.3 is 0 Å². The van der Waals surface area contributed by atoms with Gasteiger partial charge in [0, 0.05) is 28.5 Å². The monoisotopic (exact) mass is 549 g/mol. The summed E-state index contributed by atoms with van der Waals surface area (Å²) >= 11 is 0. The maximum absolute atomic E-state index is 13.0. The average Bonchev–Trinajstić information content (AvgIpc) is 2.98. The second kappa shape index (κ2) is 12.7. The molecule has 0 aliphatic heterocycles. The number of para-hydroxylation sites is 2. The number of carbonyl (C=O) groups excluding carboxylic acids is 1. The van der Waals surface area contributed by atoms with E-state index in [9.17, 15) is 9.59 Å². The van der Waals surface area contributed by atoms with Gasteiger partial charge in [-0.15, -0.1) is 0 Å². The van der Waals surface area contributed by atoms with Crippen molar-refractivity contribution >= 4 is 33.4 Å². The summed E-state index contributed by atoms with van der Waals surface area (Å²) in [5.41, 5.74) is 5.38. The molecule has 1 aromatic heterocycles. The average molecular weight is 550 g/mol. The van der Waals surface area contributed by atoms with Gasteiger partial charge in [0.15, 0.2) is 16.9 Å². The van der Waals surface area contributed by atoms with Crippen molar-refractivity contribution in [2.75, 3.05) is 33.1 Å². The molecular formula is C34H35N3O4. The number of fused-ring (bicyclic) bond motifs is 2. The van der Waals surface area contributed by atoms with Crippen LogP contribution in [-0.2, 0) is 24.2 Å². The van der Waals surface area contributed by atoms with E-state index in [0.29, 0.717) is 16.3 Å². The Labute approximate surface area is 239 Å². The van der Waals surface area contributed by atoms with Crippen LogP contribution in [0.3, 0.4) is 0 Å². The summed E-state index contributed by atoms with van der Waals surface area (Å²) in [5.74, 6) is 1.35. The van der Waals surface area contributed by atoms with Gasteiger partial charge in [-0.1, -0.05) is 42.5 Å². The van der Waals surface area contributed by atoms with Gasteiger partial charge < -0.3 is 24.7 Å². The van der Waals surface area contributed by atoms with Crippen LogP contribution in [0.5, 0.6) is 11.5 Å². The van der Waals surface area contributed by atoms with Crippen molar-refractivity contribution in [1.29, 1.82) is 0 Å². The van der Waals surface area contributed by atoms with Crippen LogP contribution >= 0.6 is 0 Å². The number of aryl methyl sites for hydroxylation is 1. The molecule has 0 fully saturated rings. The number of nitrogens with one attached hydrogen (secondary N) is 2. The van der Waals surface area contributed by atoms with Crippen LogP contribution in [0, 0.1) is 0 Å². The molecule has 0 radical (unpaired) electrons. The highest BCUT2D eigenvalue weighted by atomic mass is 16.5. The van der Waals surface area contributed by atoms with E-state index in [1.54, 1.807) is 20.3 Å². The minimum absolute atomic E-state index is 0.0284. The lowest BCUT2D eigenvalue weighted by Crippen LogP contribution is -2.19. The molecule has 5 aromatic rings. The molecule has 0 atom stereocenters. The second-order valence-corrected chi connectivity index (χ2v) is 10.3. The van der Waals surface area contributed by atoms with Gasteiger partial charge in [0.25, 0.3) is 0 Å². The fourth-order valence-electron chi connectivity index (χ4n) is 5.21. The summed E-state index contributed by atoms with van der Waals surface area (Å²) in [6.07, 6.45) is 2.13. The van der Waals surface area contributed by atoms with Gasteiger partial charge in [0.2, 0.25) is 5.91 Å². The Morgan fingerprint density at radius 2 is 1.59 bits per heavy atom. The number of anilines is 1. The van der Waals surface area contributed by atoms with Crippen LogP contribution in [0.25, 0.3) is 21.8 Å². The van der Waals surface area contributed by atoms with Crippen LogP contribution in [0.4, 0.5) is 5.69 Å². The van der Waals surface area contributed by atoms with Gasteiger partial charge in [0.1, 0.15) is 0 Å². The van der Waals surface area contributed by atoms with Gasteiger partial charge in [0.05, 0.1) is 26.2 Å². The normalized spacial score (nSPS) is 11.2. The maximum Gasteiger partial charge on any atom is 0.228 e. The molecule has 1 heterocycles. The first-order chi connectivity index (χ1) is 19.9. The van der Waals surface area contributed by atoms with E-state index < -0.39 is 0 Å². The number of rotatable bonds is 11. The van der Waals surface area contributed by atoms with Crippen molar-refractivity contribution < 1.29 is 14.3 Å². The van der Waals surface area contributed by atoms with E-state index in [2.05, 4.69) is 40.4 Å². The number of H-pyrrole nitrogens is 1. The van der Waals surface area contributed by atoms with Crippen molar-refractivity contribution in [2.24, 2.45) is 0 Å². The van der Waals surface area contributed by atoms with Gasteiger partial charge in [-0.25, -0.2) is 0 Å². The molecule has 5 rings (SSSR count). The molecule has 7 heteroatoms. The zero-order valence-corrected chi connectivity index (χ0v) is 23.7. The zero-order valence-electron chi connectivity index (χ0n) is 23.7. The quantitative estimate of drug-likeness (QED) is 0.199. The summed E-state index contributed by atoms with van der Waals surface area (Å²) in [6.45, 7) is 1.78. The fourth-order valence-corrected chi connectivity index (χ4v) is 5.21. The van der Waals surface area contributed by atoms with E-state index >= 15 is 0 Å². The summed E-state index contributed by atoms with van der Waals surface area (Å²) in [4.78, 5) is 31.5. The van der Waals surface area contributed by atoms with Gasteiger partial charge in [-0.2, -0.15) is 0 Å². The second-order valence-electron chi connectivity index (χ2n) is 10.3. The van der Waals surface area contributed by atoms with E-state index in [0.717, 1.165) is 54.2 Å². The highest BCUT2D eigenvalue weighted by Gasteiger charge is 2.12. The van der Waals surface area contributed by atoms with Crippen LogP contribution < -0.4 is 20.2 Å². The number of ether oxygens (including phenoxy) is 2. The number of benzene rings is 4. The fraction of sp³-hybridized carbons (Fsp3) is 0.235. The molecule has 0 aliphatic rings. The molecule has 0 spiro atoms. The Bertz CT molecular complexity index is 1730. The number of aromatic nitrogens is 1. The predicted octanol–water partition coefficient (Wildman–Crippen LogP) is 5.94. The number of pyridine rings is 1. The highest BCUT2D eigenvalue weighted by Crippen LogP contribution is 2.28. The van der Waals surface area contributed by atoms with E-state index in [-0.39, 0.29) is 17.8 Å². The SMILES string of the molecule is COc1ccc(CN(C)CCCc2ccc(NC(=O)Cc3cccc4c(=O)c5ccccc5[nH]c34)cc2)cc1OC. The van der Waals surface area contributed by atoms with Crippen LogP contribution in [0.2, 0.25) is 0 Å². The molecule has 4 aromatic carbocycles. The predicted molar refractivity (Wildman–Crippen MR) is 165 cm³/mol. The first-order valence-electron chi connectivity index (χ1n) is 13.8. The molecule has 2 N–H and O–H groups in total. The number of carbonyl (C=O) groups is 1. The van der Waals surface area contributed by atoms with Crippen LogP contribution in [-0.4, -0.2) is 43.6 Å². The van der Waals surface area contributed by atoms with Crippen molar-refractivity contribution in [3.05, 3.63) is 112 Å². The van der Waals surface area contributed by atoms with Gasteiger partial charge in [-0.3, -0.25) is 9.59 Å². The molecule has 210 valence electrons. The number of nitrogens with zero attached hydrogens (tertiary/aromatic N) is 1. The van der Waals surface area contributed by atoms with Crippen molar-refractivity contribution in [3.63, 3.8) is 0 Å². The third-order valence-electron chi connectivity index (χ3n) is 7.32. The Balaban J connectivity index is 1.14. The molecule has 41 heavy (non-hydrogen) atoms. The Morgan fingerprint density at radius 1 is 0.854 bits per heavy atom. The number of aromatic amines is 1. The number of hydrogen-bond acceptors (Lipinski definition) is 5. The van der Waals surface area contributed by atoms with E-state index in [1.807, 2.05) is 60.7 Å². The summed E-state index contributed by atoms with van der Waals surface area (Å²) < 4.78 is 10.7. The van der Waals surface area contributed by atoms with Gasteiger partial charge in [-0.05, 0) is 85.6 Å². The minimum Gasteiger partial charge on any atom is -0.493 e. The third-order valence-corrected chi connectivity index (χ3v) is 7.32. The molecule has 0 saturated heterocycles. The Hall–Kier alpha value is -4.62. The summed E-state index contributed by atoms with van der Waals surface area (Å²) in [7, 11) is 5.41. The van der Waals surface area contributed by atoms with Crippen LogP contribution in [0.15, 0.2) is 89.7 Å². The number of methoxy groups -OCH3 is 2. The minimum atomic E-state index is -0.129. The first kappa shape index (κ1) is 27.9. The van der Waals surface area contributed by atoms with E-state index in [4.69, 9.17) is 9.47 Å². The first-order valence-corrected chi connectivity index (χ1v) is 13.8. The lowest BCUT2D eigenvalue weighted by Gasteiger charge is -2.18. The molecule has 0 bridgehead atoms. The van der Waals surface area contributed by atoms with Crippen LogP contribution in [0.1, 0.15) is 23.1 Å². The molecular weight excluding hydrogens is 514 g/mol. The van der Waals surface area contributed by atoms with E-state index in [1.165, 1.54) is 11.1 Å². The molecule has 0 saturated carbocycles. The van der Waals surface area contributed by atoms with Crippen molar-refractivity contribution in [3.8, 4) is 11.5 Å². The molecule has 7 nitrogen and oxygen atoms in total. The highest BCUT2D eigenvalue weighted by molar-refractivity contribution is 5.98. The zero-order chi connectivity index (χ0) is 28.8. The molecule has 0 unspecified atom stereocenters. The Morgan fingerprint density at radius 3 is 2.37 bits per heavy atom. The lowest BCUT2D eigenvalue weighted by molar-refractivity contribution is -0.115. The standard InChI is InChI=1S/C34H35N3O4/c1-37(22-24-15-18-30(40-2)31(20-24)41-3)19-7-8-23-13-16-26(17-14-23)35-32(38)21-25-9-6-11-28-33(25)36-29-12-5-4-10-27(29)34(28)39/h4-6,9-18,20H,7-8,19,21-22H2,1-3H3,(H,35,38)(H,36,39).